The maximum absolute atomic E-state index is 11.1. The molecule has 0 saturated heterocycles. The number of nitrogens with zero attached hydrogens (tertiary/aromatic N) is 4. The van der Waals surface area contributed by atoms with E-state index in [1.807, 2.05) is 6.07 Å². The van der Waals surface area contributed by atoms with Crippen molar-refractivity contribution in [1.82, 2.24) is 20.6 Å². The van der Waals surface area contributed by atoms with Crippen LogP contribution in [0.15, 0.2) is 11.2 Å². The predicted molar refractivity (Wildman–Crippen MR) is 80.6 cm³/mol. The normalized spacial score (nSPS) is 10.7. The van der Waals surface area contributed by atoms with Crippen molar-refractivity contribution in [3.05, 3.63) is 11.8 Å². The van der Waals surface area contributed by atoms with Gasteiger partial charge in [-0.05, 0) is 12.8 Å². The Morgan fingerprint density at radius 1 is 1.61 bits per heavy atom. The van der Waals surface area contributed by atoms with Gasteiger partial charge in [-0.3, -0.25) is 19.8 Å². The minimum absolute atomic E-state index is 0.0785. The lowest BCUT2D eigenvalue weighted by Crippen LogP contribution is -2.35. The highest BCUT2D eigenvalue weighted by atomic mass is 32.2. The van der Waals surface area contributed by atoms with Crippen LogP contribution < -0.4 is 10.9 Å². The van der Waals surface area contributed by atoms with E-state index in [0.717, 1.165) is 12.6 Å². The quantitative estimate of drug-likeness (QED) is 0.214. The molecule has 0 unspecified atom stereocenters. The summed E-state index contributed by atoms with van der Waals surface area (Å²) >= 11 is 0. The second kappa shape index (κ2) is 8.53. The van der Waals surface area contributed by atoms with Gasteiger partial charge in [0.2, 0.25) is 0 Å². The lowest BCUT2D eigenvalue weighted by Gasteiger charge is -2.04. The number of hydrazine groups is 1. The molecular weight excluding hydrogens is 324 g/mol. The number of hydrogen-bond donors (Lipinski definition) is 2. The lowest BCUT2D eigenvalue weighted by atomic mass is 10.4. The monoisotopic (exact) mass is 338 g/mol. The van der Waals surface area contributed by atoms with E-state index in [-0.39, 0.29) is 24.5 Å². The molecule has 0 aliphatic heterocycles. The van der Waals surface area contributed by atoms with Crippen molar-refractivity contribution < 1.29 is 17.4 Å². The van der Waals surface area contributed by atoms with Crippen molar-refractivity contribution in [2.24, 2.45) is 4.99 Å². The Morgan fingerprint density at radius 3 is 2.96 bits per heavy atom. The van der Waals surface area contributed by atoms with Crippen LogP contribution in [-0.4, -0.2) is 43.3 Å². The van der Waals surface area contributed by atoms with E-state index < -0.39 is 16.0 Å². The fourth-order valence-electron chi connectivity index (χ4n) is 1.37. The molecule has 122 valence electrons. The van der Waals surface area contributed by atoms with Crippen molar-refractivity contribution in [2.75, 3.05) is 12.9 Å². The average molecular weight is 338 g/mol. The molecule has 10 nitrogen and oxygen atoms in total. The maximum atomic E-state index is 11.1. The zero-order valence-electron chi connectivity index (χ0n) is 12.4. The number of aliphatic imine (C=N–C) groups is 1. The third-order valence-electron chi connectivity index (χ3n) is 2.21. The molecule has 1 aromatic heterocycles. The summed E-state index contributed by atoms with van der Waals surface area (Å²) in [5, 5.41) is 12.9. The molecule has 0 aliphatic carbocycles. The first-order chi connectivity index (χ1) is 10.9. The smallest absolute Gasteiger partial charge is 0.287 e. The van der Waals surface area contributed by atoms with E-state index in [2.05, 4.69) is 37.0 Å². The van der Waals surface area contributed by atoms with E-state index in [1.165, 1.54) is 17.8 Å². The van der Waals surface area contributed by atoms with Gasteiger partial charge in [-0.1, -0.05) is 5.92 Å². The molecule has 1 amide bonds. The molecule has 1 rings (SSSR count). The molecule has 0 spiro atoms. The Labute approximate surface area is 133 Å². The summed E-state index contributed by atoms with van der Waals surface area (Å²) in [6.07, 6.45) is 3.36. The van der Waals surface area contributed by atoms with Gasteiger partial charge in [-0.25, -0.2) is 9.67 Å². The molecule has 1 heterocycles. The van der Waals surface area contributed by atoms with Crippen LogP contribution in [0.4, 0.5) is 5.82 Å². The Hall–Kier alpha value is -2.89. The summed E-state index contributed by atoms with van der Waals surface area (Å²) in [6.45, 7) is 1.45. The number of rotatable bonds is 7. The fraction of sp³-hybridized carbons (Fsp3) is 0.333. The minimum atomic E-state index is -3.56. The van der Waals surface area contributed by atoms with Gasteiger partial charge in [-0.15, -0.1) is 0 Å². The van der Waals surface area contributed by atoms with Gasteiger partial charge >= 0.3 is 5.91 Å². The summed E-state index contributed by atoms with van der Waals surface area (Å²) in [7, 11) is -3.56. The molecule has 0 atom stereocenters. The summed E-state index contributed by atoms with van der Waals surface area (Å²) < 4.78 is 27.7. The molecule has 11 heteroatoms. The lowest BCUT2D eigenvalue weighted by molar-refractivity contribution is -0.116. The number of nitriles is 1. The van der Waals surface area contributed by atoms with Crippen molar-refractivity contribution in [3.63, 3.8) is 0 Å². The van der Waals surface area contributed by atoms with Crippen LogP contribution in [0.3, 0.4) is 0 Å². The highest BCUT2D eigenvalue weighted by Crippen LogP contribution is 2.17. The number of nitrogens with one attached hydrogen (secondary N) is 2. The van der Waals surface area contributed by atoms with Crippen LogP contribution >= 0.6 is 0 Å². The number of aromatic nitrogens is 2. The molecule has 0 radical (unpaired) electrons. The molecule has 2 N–H and O–H groups in total. The van der Waals surface area contributed by atoms with Crippen LogP contribution in [0.2, 0.25) is 0 Å². The molecule has 23 heavy (non-hydrogen) atoms. The van der Waals surface area contributed by atoms with Gasteiger partial charge in [0.05, 0.1) is 25.6 Å². The van der Waals surface area contributed by atoms with Crippen molar-refractivity contribution in [1.29, 1.82) is 5.26 Å². The van der Waals surface area contributed by atoms with Crippen molar-refractivity contribution in [3.8, 4) is 17.9 Å². The Bertz CT molecular complexity index is 794. The number of carbonyl (C=O) groups excluding carboxylic acids is 1. The third kappa shape index (κ3) is 6.60. The van der Waals surface area contributed by atoms with E-state index in [4.69, 9.17) is 5.26 Å². The van der Waals surface area contributed by atoms with E-state index >= 15 is 0 Å². The summed E-state index contributed by atoms with van der Waals surface area (Å²) in [6, 6.07) is 1.90. The Balaban J connectivity index is 2.72. The molecular formula is C12H14N6O4S. The molecule has 0 fully saturated rings. The van der Waals surface area contributed by atoms with Crippen molar-refractivity contribution in [2.45, 2.75) is 13.5 Å². The first kappa shape index (κ1) is 18.2. The standard InChI is InChI=1S/C12H14N6O4S/c1-3-4-11(19)17-15-9-14-12-10(7-13)8-16-18(12)5-6-22-23(2,20)21/h8-9H,5-6H2,1-2H3,(H,14,15)(H,17,19). The van der Waals surface area contributed by atoms with Crippen molar-refractivity contribution >= 4 is 28.2 Å². The molecule has 1 aromatic rings. The summed E-state index contributed by atoms with van der Waals surface area (Å²) in [5.74, 6) is 4.31. The summed E-state index contributed by atoms with van der Waals surface area (Å²) in [5.41, 5.74) is 4.82. The van der Waals surface area contributed by atoms with E-state index in [0.29, 0.717) is 0 Å². The number of amides is 1. The number of carbonyl (C=O) groups is 1. The third-order valence-corrected chi connectivity index (χ3v) is 2.80. The maximum Gasteiger partial charge on any atom is 0.314 e. The first-order valence-corrected chi connectivity index (χ1v) is 8.00. The number of hydrogen-bond acceptors (Lipinski definition) is 7. The SMILES string of the molecule is CC#CC(=O)NNC=Nc1c(C#N)cnn1CCOS(C)(=O)=O. The zero-order valence-corrected chi connectivity index (χ0v) is 13.2. The van der Waals surface area contributed by atoms with Crippen LogP contribution in [-0.2, 0) is 25.6 Å². The minimum Gasteiger partial charge on any atom is -0.287 e. The van der Waals surface area contributed by atoms with E-state index in [1.54, 1.807) is 0 Å². The molecule has 0 aliphatic rings. The molecule has 0 aromatic carbocycles. The zero-order chi connectivity index (χ0) is 17.3. The average Bonchev–Trinajstić information content (AvgIpc) is 2.85. The van der Waals surface area contributed by atoms with Gasteiger partial charge in [-0.2, -0.15) is 18.8 Å². The Morgan fingerprint density at radius 2 is 2.35 bits per heavy atom. The van der Waals surface area contributed by atoms with Gasteiger partial charge in [0, 0.05) is 0 Å². The van der Waals surface area contributed by atoms with Crippen LogP contribution in [0.1, 0.15) is 12.5 Å². The van der Waals surface area contributed by atoms with Crippen LogP contribution in [0, 0.1) is 23.2 Å². The van der Waals surface area contributed by atoms with Crippen LogP contribution in [0.5, 0.6) is 0 Å². The van der Waals surface area contributed by atoms with Gasteiger partial charge in [0.25, 0.3) is 10.1 Å². The van der Waals surface area contributed by atoms with Crippen LogP contribution in [0.25, 0.3) is 0 Å². The predicted octanol–water partition coefficient (Wildman–Crippen LogP) is -0.965. The largest absolute Gasteiger partial charge is 0.314 e. The molecule has 0 saturated carbocycles. The Kier molecular flexibility index (Phi) is 6.73. The second-order valence-electron chi connectivity index (χ2n) is 3.97. The first-order valence-electron chi connectivity index (χ1n) is 6.18. The van der Waals surface area contributed by atoms with Gasteiger partial charge < -0.3 is 0 Å². The second-order valence-corrected chi connectivity index (χ2v) is 5.62. The van der Waals surface area contributed by atoms with E-state index in [9.17, 15) is 13.2 Å². The topological polar surface area (TPSA) is 138 Å². The van der Waals surface area contributed by atoms with Gasteiger partial charge in [0.1, 0.15) is 18.0 Å². The highest BCUT2D eigenvalue weighted by Gasteiger charge is 2.10. The highest BCUT2D eigenvalue weighted by molar-refractivity contribution is 7.85. The summed E-state index contributed by atoms with van der Waals surface area (Å²) in [4.78, 5) is 15.0. The fourth-order valence-corrected chi connectivity index (χ4v) is 1.75. The van der Waals surface area contributed by atoms with Gasteiger partial charge in [0.15, 0.2) is 5.82 Å². The molecule has 0 bridgehead atoms.